The highest BCUT2D eigenvalue weighted by Crippen LogP contribution is 2.34. The summed E-state index contributed by atoms with van der Waals surface area (Å²) in [6, 6.07) is 8.81. The Morgan fingerprint density at radius 1 is 1.05 bits per heavy atom. The number of halogens is 3. The lowest BCUT2D eigenvalue weighted by Crippen LogP contribution is -2.12. The molecule has 0 amide bonds. The van der Waals surface area contributed by atoms with Gasteiger partial charge in [0.25, 0.3) is 5.56 Å². The van der Waals surface area contributed by atoms with E-state index in [1.807, 2.05) is 18.3 Å². The van der Waals surface area contributed by atoms with Gasteiger partial charge in [-0.05, 0) is 40.2 Å². The molecule has 0 aliphatic carbocycles. The molecule has 3 aromatic rings. The molecule has 0 aliphatic rings. The summed E-state index contributed by atoms with van der Waals surface area (Å²) >= 11 is 15.8. The molecule has 0 radical (unpaired) electrons. The van der Waals surface area contributed by atoms with Crippen LogP contribution in [0.25, 0.3) is 16.6 Å². The highest BCUT2D eigenvalue weighted by molar-refractivity contribution is 9.10. The Balaban J connectivity index is 2.47. The molecule has 0 fully saturated rings. The fourth-order valence-electron chi connectivity index (χ4n) is 2.06. The second kappa shape index (κ2) is 5.20. The van der Waals surface area contributed by atoms with Crippen molar-refractivity contribution in [2.24, 2.45) is 0 Å². The molecule has 1 aromatic carbocycles. The molecule has 0 spiro atoms. The van der Waals surface area contributed by atoms with Crippen LogP contribution >= 0.6 is 39.1 Å². The Morgan fingerprint density at radius 2 is 1.75 bits per heavy atom. The Hall–Kier alpha value is -1.36. The summed E-state index contributed by atoms with van der Waals surface area (Å²) in [5.74, 6) is 0. The smallest absolute Gasteiger partial charge is 0.281 e. The summed E-state index contributed by atoms with van der Waals surface area (Å²) < 4.78 is 2.63. The molecule has 100 valence electrons. The number of benzene rings is 1. The molecule has 0 saturated heterocycles. The van der Waals surface area contributed by atoms with E-state index in [4.69, 9.17) is 23.2 Å². The first kappa shape index (κ1) is 13.6. The normalized spacial score (nSPS) is 10.9. The number of rotatable bonds is 1. The molecular formula is C14H7BrCl2N2O. The molecule has 3 nitrogen and oxygen atoms in total. The second-order valence-corrected chi connectivity index (χ2v) is 5.89. The largest absolute Gasteiger partial charge is 0.306 e. The van der Waals surface area contributed by atoms with E-state index >= 15 is 0 Å². The number of aromatic nitrogens is 2. The van der Waals surface area contributed by atoms with Gasteiger partial charge in [0.15, 0.2) is 0 Å². The minimum Gasteiger partial charge on any atom is -0.306 e. The van der Waals surface area contributed by atoms with Crippen molar-refractivity contribution >= 4 is 44.6 Å². The van der Waals surface area contributed by atoms with Gasteiger partial charge in [0.1, 0.15) is 6.33 Å². The fourth-order valence-corrected chi connectivity index (χ4v) is 3.00. The van der Waals surface area contributed by atoms with Crippen LogP contribution in [0, 0.1) is 0 Å². The van der Waals surface area contributed by atoms with Gasteiger partial charge in [-0.2, -0.15) is 4.98 Å². The van der Waals surface area contributed by atoms with Crippen molar-refractivity contribution in [2.75, 3.05) is 0 Å². The molecule has 2 heterocycles. The average Bonchev–Trinajstić information content (AvgIpc) is 2.41. The van der Waals surface area contributed by atoms with Gasteiger partial charge in [-0.25, -0.2) is 0 Å². The van der Waals surface area contributed by atoms with Crippen LogP contribution in [0.2, 0.25) is 10.0 Å². The zero-order valence-corrected chi connectivity index (χ0v) is 13.1. The first-order valence-electron chi connectivity index (χ1n) is 5.69. The van der Waals surface area contributed by atoms with Crippen molar-refractivity contribution < 1.29 is 0 Å². The maximum absolute atomic E-state index is 12.2. The van der Waals surface area contributed by atoms with Crippen LogP contribution in [0.5, 0.6) is 0 Å². The van der Waals surface area contributed by atoms with Crippen LogP contribution in [-0.2, 0) is 0 Å². The van der Waals surface area contributed by atoms with E-state index in [2.05, 4.69) is 20.9 Å². The van der Waals surface area contributed by atoms with E-state index in [-0.39, 0.29) is 5.56 Å². The SMILES string of the molecule is O=c1ncn2cc(Br)ccc2c1-c1c(Cl)cccc1Cl. The van der Waals surface area contributed by atoms with Gasteiger partial charge < -0.3 is 4.40 Å². The van der Waals surface area contributed by atoms with Gasteiger partial charge >= 0.3 is 0 Å². The van der Waals surface area contributed by atoms with Gasteiger partial charge in [-0.3, -0.25) is 4.79 Å². The van der Waals surface area contributed by atoms with E-state index in [0.717, 1.165) is 4.47 Å². The molecule has 0 unspecified atom stereocenters. The monoisotopic (exact) mass is 368 g/mol. The van der Waals surface area contributed by atoms with E-state index in [0.29, 0.717) is 26.7 Å². The number of hydrogen-bond donors (Lipinski definition) is 0. The summed E-state index contributed by atoms with van der Waals surface area (Å²) in [6.45, 7) is 0. The summed E-state index contributed by atoms with van der Waals surface area (Å²) in [4.78, 5) is 16.0. The summed E-state index contributed by atoms with van der Waals surface area (Å²) in [5.41, 5.74) is 1.25. The Morgan fingerprint density at radius 3 is 2.45 bits per heavy atom. The highest BCUT2D eigenvalue weighted by atomic mass is 79.9. The quantitative estimate of drug-likeness (QED) is 0.635. The van der Waals surface area contributed by atoms with Gasteiger partial charge in [0.05, 0.1) is 21.1 Å². The lowest BCUT2D eigenvalue weighted by molar-refractivity contribution is 1.04. The van der Waals surface area contributed by atoms with Crippen molar-refractivity contribution in [3.05, 3.63) is 67.7 Å². The summed E-state index contributed by atoms with van der Waals surface area (Å²) in [7, 11) is 0. The second-order valence-electron chi connectivity index (χ2n) is 4.16. The number of pyridine rings is 1. The van der Waals surface area contributed by atoms with Crippen LogP contribution in [0.4, 0.5) is 0 Å². The number of nitrogens with zero attached hydrogens (tertiary/aromatic N) is 2. The standard InChI is InChI=1S/C14H7BrCl2N2O/c15-8-4-5-11-13(14(20)18-7-19(11)6-8)12-9(16)2-1-3-10(12)17/h1-7H. The van der Waals surface area contributed by atoms with Crippen molar-refractivity contribution in [1.82, 2.24) is 9.38 Å². The van der Waals surface area contributed by atoms with E-state index < -0.39 is 0 Å². The van der Waals surface area contributed by atoms with Crippen LogP contribution < -0.4 is 5.56 Å². The zero-order valence-electron chi connectivity index (χ0n) is 9.98. The Labute approximate surface area is 132 Å². The van der Waals surface area contributed by atoms with Crippen molar-refractivity contribution in [1.29, 1.82) is 0 Å². The highest BCUT2D eigenvalue weighted by Gasteiger charge is 2.15. The first-order chi connectivity index (χ1) is 9.58. The van der Waals surface area contributed by atoms with Crippen LogP contribution in [-0.4, -0.2) is 9.38 Å². The number of hydrogen-bond acceptors (Lipinski definition) is 2. The Kier molecular flexibility index (Phi) is 3.54. The molecule has 0 atom stereocenters. The van der Waals surface area contributed by atoms with Crippen molar-refractivity contribution in [3.8, 4) is 11.1 Å². The lowest BCUT2D eigenvalue weighted by atomic mass is 10.1. The first-order valence-corrected chi connectivity index (χ1v) is 7.24. The van der Waals surface area contributed by atoms with Crippen LogP contribution in [0.1, 0.15) is 0 Å². The molecule has 0 aliphatic heterocycles. The molecule has 0 bridgehead atoms. The fraction of sp³-hybridized carbons (Fsp3) is 0. The van der Waals surface area contributed by atoms with E-state index in [1.165, 1.54) is 6.33 Å². The predicted octanol–water partition coefficient (Wildman–Crippen LogP) is 4.43. The van der Waals surface area contributed by atoms with Gasteiger partial charge in [0.2, 0.25) is 0 Å². The molecule has 20 heavy (non-hydrogen) atoms. The van der Waals surface area contributed by atoms with Crippen molar-refractivity contribution in [2.45, 2.75) is 0 Å². The van der Waals surface area contributed by atoms with E-state index in [1.54, 1.807) is 22.6 Å². The molecule has 6 heteroatoms. The minimum absolute atomic E-state index is 0.359. The third kappa shape index (κ3) is 2.24. The van der Waals surface area contributed by atoms with Crippen LogP contribution in [0.15, 0.2) is 52.1 Å². The summed E-state index contributed by atoms with van der Waals surface area (Å²) in [5, 5.41) is 0.847. The average molecular weight is 370 g/mol. The molecule has 0 N–H and O–H groups in total. The zero-order chi connectivity index (χ0) is 14.3. The van der Waals surface area contributed by atoms with Gasteiger partial charge in [0, 0.05) is 16.2 Å². The Bertz CT molecular complexity index is 856. The molecule has 2 aromatic heterocycles. The third-order valence-electron chi connectivity index (χ3n) is 2.92. The minimum atomic E-state index is -0.359. The molecule has 3 rings (SSSR count). The summed E-state index contributed by atoms with van der Waals surface area (Å²) in [6.07, 6.45) is 3.28. The van der Waals surface area contributed by atoms with Crippen molar-refractivity contribution in [3.63, 3.8) is 0 Å². The topological polar surface area (TPSA) is 34.4 Å². The van der Waals surface area contributed by atoms with Gasteiger partial charge in [-0.1, -0.05) is 29.3 Å². The van der Waals surface area contributed by atoms with Gasteiger partial charge in [-0.15, -0.1) is 0 Å². The number of fused-ring (bicyclic) bond motifs is 1. The van der Waals surface area contributed by atoms with Crippen LogP contribution in [0.3, 0.4) is 0 Å². The molecule has 0 saturated carbocycles. The third-order valence-corrected chi connectivity index (χ3v) is 4.02. The maximum atomic E-state index is 12.2. The lowest BCUT2D eigenvalue weighted by Gasteiger charge is -2.10. The van der Waals surface area contributed by atoms with E-state index in [9.17, 15) is 4.79 Å². The predicted molar refractivity (Wildman–Crippen MR) is 84.6 cm³/mol. The molecular weight excluding hydrogens is 363 g/mol. The maximum Gasteiger partial charge on any atom is 0.281 e.